The molecule has 4 aromatic rings. The lowest BCUT2D eigenvalue weighted by molar-refractivity contribution is -0.117. The van der Waals surface area contributed by atoms with Gasteiger partial charge in [0.1, 0.15) is 18.2 Å². The molecule has 6 nitrogen and oxygen atoms in total. The number of carbonyl (C=O) groups is 1. The molecule has 0 aliphatic carbocycles. The normalized spacial score (nSPS) is 11.2. The number of H-pyrrole nitrogens is 1. The highest BCUT2D eigenvalue weighted by Crippen LogP contribution is 2.37. The SMILES string of the molecule is COc1cc(/C=C(/C#N)C(=O)NCCc2c[nH]c3ccccc23)cc(Cl)c1OCc1cccc(C)c1. The molecule has 182 valence electrons. The fraction of sp³-hybridized carbons (Fsp3) is 0.172. The Kier molecular flexibility index (Phi) is 7.94. The Labute approximate surface area is 215 Å². The summed E-state index contributed by atoms with van der Waals surface area (Å²) in [6.45, 7) is 2.74. The summed E-state index contributed by atoms with van der Waals surface area (Å²) in [5, 5.41) is 13.9. The number of aromatic nitrogens is 1. The van der Waals surface area contributed by atoms with Gasteiger partial charge in [0.25, 0.3) is 5.91 Å². The van der Waals surface area contributed by atoms with Crippen molar-refractivity contribution in [2.24, 2.45) is 0 Å². The van der Waals surface area contributed by atoms with E-state index in [2.05, 4.69) is 10.3 Å². The van der Waals surface area contributed by atoms with Crippen LogP contribution in [0.25, 0.3) is 17.0 Å². The summed E-state index contributed by atoms with van der Waals surface area (Å²) < 4.78 is 11.4. The van der Waals surface area contributed by atoms with Gasteiger partial charge in [-0.1, -0.05) is 59.6 Å². The van der Waals surface area contributed by atoms with Crippen LogP contribution in [0.3, 0.4) is 0 Å². The van der Waals surface area contributed by atoms with Crippen LogP contribution in [-0.4, -0.2) is 24.5 Å². The summed E-state index contributed by atoms with van der Waals surface area (Å²) in [6, 6.07) is 21.3. The lowest BCUT2D eigenvalue weighted by Gasteiger charge is -2.14. The number of halogens is 1. The molecule has 0 radical (unpaired) electrons. The molecule has 1 aromatic heterocycles. The third kappa shape index (κ3) is 5.88. The molecule has 3 aromatic carbocycles. The molecular formula is C29H26ClN3O3. The van der Waals surface area contributed by atoms with Gasteiger partial charge in [0, 0.05) is 23.6 Å². The third-order valence-corrected chi connectivity index (χ3v) is 6.03. The van der Waals surface area contributed by atoms with Crippen molar-refractivity contribution in [1.82, 2.24) is 10.3 Å². The van der Waals surface area contributed by atoms with Gasteiger partial charge in [-0.2, -0.15) is 5.26 Å². The molecule has 0 atom stereocenters. The van der Waals surface area contributed by atoms with Crippen molar-refractivity contribution >= 4 is 34.5 Å². The van der Waals surface area contributed by atoms with E-state index in [-0.39, 0.29) is 5.57 Å². The van der Waals surface area contributed by atoms with E-state index in [1.54, 1.807) is 12.1 Å². The number of methoxy groups -OCH3 is 1. The van der Waals surface area contributed by atoms with Crippen LogP contribution < -0.4 is 14.8 Å². The quantitative estimate of drug-likeness (QED) is 0.219. The first-order valence-electron chi connectivity index (χ1n) is 11.5. The number of rotatable bonds is 9. The van der Waals surface area contributed by atoms with Crippen molar-refractivity contribution in [1.29, 1.82) is 5.26 Å². The van der Waals surface area contributed by atoms with E-state index < -0.39 is 5.91 Å². The van der Waals surface area contributed by atoms with Crippen LogP contribution in [0.15, 0.2) is 72.4 Å². The maximum Gasteiger partial charge on any atom is 0.261 e. The van der Waals surface area contributed by atoms with Crippen molar-refractivity contribution < 1.29 is 14.3 Å². The van der Waals surface area contributed by atoms with Gasteiger partial charge in [-0.15, -0.1) is 0 Å². The number of amides is 1. The summed E-state index contributed by atoms with van der Waals surface area (Å²) in [5.74, 6) is 0.366. The van der Waals surface area contributed by atoms with E-state index in [0.717, 1.165) is 27.6 Å². The molecule has 0 bridgehead atoms. The fourth-order valence-electron chi connectivity index (χ4n) is 3.98. The average molecular weight is 500 g/mol. The Hall–Kier alpha value is -4.21. The number of para-hydroxylation sites is 1. The van der Waals surface area contributed by atoms with Gasteiger partial charge in [0.2, 0.25) is 0 Å². The summed E-state index contributed by atoms with van der Waals surface area (Å²) in [7, 11) is 1.52. The zero-order chi connectivity index (χ0) is 25.5. The highest BCUT2D eigenvalue weighted by molar-refractivity contribution is 6.32. The largest absolute Gasteiger partial charge is 0.493 e. The van der Waals surface area contributed by atoms with Crippen molar-refractivity contribution in [3.05, 3.63) is 99.7 Å². The summed E-state index contributed by atoms with van der Waals surface area (Å²) >= 11 is 6.48. The van der Waals surface area contributed by atoms with Gasteiger partial charge in [-0.3, -0.25) is 4.79 Å². The Morgan fingerprint density at radius 3 is 2.78 bits per heavy atom. The van der Waals surface area contributed by atoms with Crippen LogP contribution in [0.5, 0.6) is 11.5 Å². The number of benzene rings is 3. The van der Waals surface area contributed by atoms with Crippen LogP contribution in [-0.2, 0) is 17.8 Å². The molecule has 0 aliphatic heterocycles. The Balaban J connectivity index is 1.44. The second-order valence-corrected chi connectivity index (χ2v) is 8.75. The fourth-order valence-corrected chi connectivity index (χ4v) is 4.25. The number of aryl methyl sites for hydroxylation is 1. The van der Waals surface area contributed by atoms with Crippen LogP contribution in [0.2, 0.25) is 5.02 Å². The molecule has 0 spiro atoms. The molecule has 0 fully saturated rings. The lowest BCUT2D eigenvalue weighted by Crippen LogP contribution is -2.26. The Bertz CT molecular complexity index is 1470. The van der Waals surface area contributed by atoms with Crippen LogP contribution >= 0.6 is 11.6 Å². The van der Waals surface area contributed by atoms with Crippen LogP contribution in [0, 0.1) is 18.3 Å². The molecule has 1 amide bonds. The van der Waals surface area contributed by atoms with Gasteiger partial charge in [-0.25, -0.2) is 0 Å². The molecule has 1 heterocycles. The van der Waals surface area contributed by atoms with Crippen LogP contribution in [0.1, 0.15) is 22.3 Å². The average Bonchev–Trinajstić information content (AvgIpc) is 3.29. The first kappa shape index (κ1) is 24.9. The topological polar surface area (TPSA) is 87.1 Å². The molecule has 7 heteroatoms. The lowest BCUT2D eigenvalue weighted by atomic mass is 10.1. The number of aromatic amines is 1. The minimum absolute atomic E-state index is 0.0273. The number of nitrogens with zero attached hydrogens (tertiary/aromatic N) is 1. The first-order valence-corrected chi connectivity index (χ1v) is 11.9. The summed E-state index contributed by atoms with van der Waals surface area (Å²) in [6.07, 6.45) is 4.07. The maximum atomic E-state index is 12.7. The number of hydrogen-bond donors (Lipinski definition) is 2. The number of fused-ring (bicyclic) bond motifs is 1. The molecular weight excluding hydrogens is 474 g/mol. The van der Waals surface area contributed by atoms with Gasteiger partial charge in [0.05, 0.1) is 12.1 Å². The molecule has 0 aliphatic rings. The highest BCUT2D eigenvalue weighted by atomic mass is 35.5. The Morgan fingerprint density at radius 2 is 2.00 bits per heavy atom. The molecule has 0 unspecified atom stereocenters. The predicted molar refractivity (Wildman–Crippen MR) is 142 cm³/mol. The zero-order valence-corrected chi connectivity index (χ0v) is 20.9. The first-order chi connectivity index (χ1) is 17.5. The van der Waals surface area contributed by atoms with Gasteiger partial charge in [-0.05, 0) is 54.3 Å². The molecule has 0 saturated heterocycles. The zero-order valence-electron chi connectivity index (χ0n) is 20.1. The number of hydrogen-bond acceptors (Lipinski definition) is 4. The number of ether oxygens (including phenoxy) is 2. The van der Waals surface area contributed by atoms with E-state index in [4.69, 9.17) is 21.1 Å². The molecule has 2 N–H and O–H groups in total. The highest BCUT2D eigenvalue weighted by Gasteiger charge is 2.15. The smallest absolute Gasteiger partial charge is 0.261 e. The number of nitrogens with one attached hydrogen (secondary N) is 2. The molecule has 4 rings (SSSR count). The second kappa shape index (κ2) is 11.5. The van der Waals surface area contributed by atoms with Crippen molar-refractivity contribution in [2.75, 3.05) is 13.7 Å². The van der Waals surface area contributed by atoms with Crippen molar-refractivity contribution in [3.8, 4) is 17.6 Å². The van der Waals surface area contributed by atoms with E-state index in [1.807, 2.05) is 67.7 Å². The van der Waals surface area contributed by atoms with E-state index >= 15 is 0 Å². The van der Waals surface area contributed by atoms with E-state index in [9.17, 15) is 10.1 Å². The summed E-state index contributed by atoms with van der Waals surface area (Å²) in [4.78, 5) is 15.9. The van der Waals surface area contributed by atoms with Gasteiger partial charge < -0.3 is 19.8 Å². The predicted octanol–water partition coefficient (Wildman–Crippen LogP) is 5.98. The minimum Gasteiger partial charge on any atom is -0.493 e. The summed E-state index contributed by atoms with van der Waals surface area (Å²) in [5.41, 5.74) is 4.83. The number of carbonyl (C=O) groups excluding carboxylic acids is 1. The Morgan fingerprint density at radius 1 is 1.17 bits per heavy atom. The monoisotopic (exact) mass is 499 g/mol. The molecule has 0 saturated carbocycles. The van der Waals surface area contributed by atoms with Crippen LogP contribution in [0.4, 0.5) is 0 Å². The maximum absolute atomic E-state index is 12.7. The van der Waals surface area contributed by atoms with E-state index in [0.29, 0.717) is 41.7 Å². The van der Waals surface area contributed by atoms with Gasteiger partial charge >= 0.3 is 0 Å². The van der Waals surface area contributed by atoms with Crippen molar-refractivity contribution in [3.63, 3.8) is 0 Å². The standard InChI is InChI=1S/C29H26ClN3O3/c1-19-6-5-7-20(12-19)18-36-28-25(30)14-21(15-27(28)35-2)13-23(16-31)29(34)32-11-10-22-17-33-26-9-4-3-8-24(22)26/h3-9,12-15,17,33H,10-11,18H2,1-2H3,(H,32,34)/b23-13-. The second-order valence-electron chi connectivity index (χ2n) is 8.35. The molecule has 36 heavy (non-hydrogen) atoms. The van der Waals surface area contributed by atoms with Crippen molar-refractivity contribution in [2.45, 2.75) is 20.0 Å². The third-order valence-electron chi connectivity index (χ3n) is 5.75. The number of nitriles is 1. The van der Waals surface area contributed by atoms with Gasteiger partial charge in [0.15, 0.2) is 11.5 Å². The van der Waals surface area contributed by atoms with E-state index in [1.165, 1.54) is 13.2 Å². The minimum atomic E-state index is -0.452.